The molecule has 0 aromatic carbocycles. The first-order chi connectivity index (χ1) is 28.6. The molecule has 58 heavy (non-hydrogen) atoms. The summed E-state index contributed by atoms with van der Waals surface area (Å²) in [6, 6.07) is 11.9. The Kier molecular flexibility index (Phi) is 33.4. The van der Waals surface area contributed by atoms with Gasteiger partial charge in [0.05, 0.1) is 10.7 Å². The fourth-order valence-corrected chi connectivity index (χ4v) is 7.32. The molecule has 0 aliphatic carbocycles. The first-order valence-electron chi connectivity index (χ1n) is 24.2. The predicted octanol–water partition coefficient (Wildman–Crippen LogP) is 12.6. The lowest BCUT2D eigenvalue weighted by Crippen LogP contribution is -2.06. The Morgan fingerprint density at radius 1 is 0.379 bits per heavy atom. The van der Waals surface area contributed by atoms with Gasteiger partial charge in [0, 0.05) is 88.6 Å². The van der Waals surface area contributed by atoms with Crippen molar-refractivity contribution in [2.45, 2.75) is 213 Å². The molecule has 328 valence electrons. The number of aliphatic hydroxyl groups excluding tert-OH is 1. The van der Waals surface area contributed by atoms with E-state index in [1.807, 2.05) is 12.4 Å². The van der Waals surface area contributed by atoms with Crippen LogP contribution in [0.5, 0.6) is 0 Å². The summed E-state index contributed by atoms with van der Waals surface area (Å²) in [5, 5.41) is 11.0. The molecular weight excluding hydrogens is 715 g/mol. The number of pyridine rings is 3. The summed E-state index contributed by atoms with van der Waals surface area (Å²) in [7, 11) is 0. The Bertz CT molecular complexity index is 1480. The summed E-state index contributed by atoms with van der Waals surface area (Å²) in [5.41, 5.74) is 0.0889. The number of hydrogen-bond acceptors (Lipinski definition) is 4. The second-order valence-corrected chi connectivity index (χ2v) is 16.5. The van der Waals surface area contributed by atoms with E-state index in [9.17, 15) is 4.79 Å². The normalized spacial score (nSPS) is 11.0. The Balaban J connectivity index is 0.000000409. The van der Waals surface area contributed by atoms with E-state index >= 15 is 0 Å². The van der Waals surface area contributed by atoms with Gasteiger partial charge in [0.2, 0.25) is 0 Å². The van der Waals surface area contributed by atoms with Crippen LogP contribution in [0, 0.1) is 0 Å². The molecule has 0 unspecified atom stereocenters. The van der Waals surface area contributed by atoms with Gasteiger partial charge in [-0.1, -0.05) is 155 Å². The fraction of sp³-hybridized carbons (Fsp3) is 0.706. The monoisotopic (exact) mass is 802 g/mol. The van der Waals surface area contributed by atoms with Crippen molar-refractivity contribution in [3.05, 3.63) is 94.5 Å². The van der Waals surface area contributed by atoms with Crippen molar-refractivity contribution in [2.24, 2.45) is 9.98 Å². The largest absolute Gasteiger partial charge is 0.396 e. The van der Waals surface area contributed by atoms with Crippen molar-refractivity contribution in [3.63, 3.8) is 0 Å². The minimum atomic E-state index is 0.0889. The molecule has 0 saturated carbocycles. The first kappa shape index (κ1) is 51.0. The van der Waals surface area contributed by atoms with Crippen molar-refractivity contribution < 1.29 is 5.11 Å². The van der Waals surface area contributed by atoms with Crippen LogP contribution in [0.3, 0.4) is 0 Å². The third-order valence-corrected chi connectivity index (χ3v) is 11.1. The molecule has 0 bridgehead atoms. The van der Waals surface area contributed by atoms with Crippen LogP contribution in [-0.4, -0.2) is 38.5 Å². The van der Waals surface area contributed by atoms with E-state index in [0.717, 1.165) is 49.9 Å². The van der Waals surface area contributed by atoms with Gasteiger partial charge in [0.15, 0.2) is 5.43 Å². The van der Waals surface area contributed by atoms with E-state index in [2.05, 4.69) is 81.6 Å². The third-order valence-electron chi connectivity index (χ3n) is 11.1. The first-order valence-corrected chi connectivity index (χ1v) is 24.2. The summed E-state index contributed by atoms with van der Waals surface area (Å²) < 4.78 is 6.68. The average molecular weight is 802 g/mol. The SMILES string of the molecule is CCCCCCCCN=c1ccn(CCCCCCCCCCO)cc1.CCCCCCCCN=c1ccn(CCCCCCCCCCn2ccc(=O)cc2)cc1. The molecule has 0 saturated heterocycles. The highest BCUT2D eigenvalue weighted by Crippen LogP contribution is 2.11. The molecule has 3 heterocycles. The minimum absolute atomic E-state index is 0.0889. The second-order valence-electron chi connectivity index (χ2n) is 16.5. The summed E-state index contributed by atoms with van der Waals surface area (Å²) in [6.07, 6.45) is 48.8. The highest BCUT2D eigenvalue weighted by atomic mass is 16.2. The lowest BCUT2D eigenvalue weighted by Gasteiger charge is -2.07. The van der Waals surface area contributed by atoms with Gasteiger partial charge in [0.1, 0.15) is 0 Å². The number of aromatic nitrogens is 3. The Hall–Kier alpha value is -3.19. The van der Waals surface area contributed by atoms with Gasteiger partial charge >= 0.3 is 0 Å². The summed E-state index contributed by atoms with van der Waals surface area (Å²) in [4.78, 5) is 20.5. The number of rotatable bonds is 35. The predicted molar refractivity (Wildman–Crippen MR) is 248 cm³/mol. The quantitative estimate of drug-likeness (QED) is 0.0601. The zero-order chi connectivity index (χ0) is 41.4. The van der Waals surface area contributed by atoms with Crippen LogP contribution in [0.2, 0.25) is 0 Å². The molecule has 3 aromatic rings. The van der Waals surface area contributed by atoms with Crippen LogP contribution in [0.25, 0.3) is 0 Å². The van der Waals surface area contributed by atoms with Crippen molar-refractivity contribution in [1.29, 1.82) is 0 Å². The lowest BCUT2D eigenvalue weighted by molar-refractivity contribution is 0.282. The highest BCUT2D eigenvalue weighted by molar-refractivity contribution is 4.95. The molecule has 7 nitrogen and oxygen atoms in total. The van der Waals surface area contributed by atoms with Crippen molar-refractivity contribution >= 4 is 0 Å². The Morgan fingerprint density at radius 3 is 0.983 bits per heavy atom. The van der Waals surface area contributed by atoms with Crippen LogP contribution in [-0.2, 0) is 19.6 Å². The van der Waals surface area contributed by atoms with E-state index in [1.165, 1.54) is 173 Å². The van der Waals surface area contributed by atoms with E-state index in [0.29, 0.717) is 6.61 Å². The Morgan fingerprint density at radius 2 is 0.655 bits per heavy atom. The molecular formula is C51H87N5O2. The van der Waals surface area contributed by atoms with Crippen LogP contribution in [0.15, 0.2) is 88.4 Å². The third kappa shape index (κ3) is 29.9. The van der Waals surface area contributed by atoms with Crippen molar-refractivity contribution in [3.8, 4) is 0 Å². The summed E-state index contributed by atoms with van der Waals surface area (Å²) in [6.45, 7) is 10.0. The molecule has 3 rings (SSSR count). The van der Waals surface area contributed by atoms with E-state index < -0.39 is 0 Å². The van der Waals surface area contributed by atoms with Crippen LogP contribution < -0.4 is 16.1 Å². The molecule has 0 spiro atoms. The maximum Gasteiger partial charge on any atom is 0.181 e. The van der Waals surface area contributed by atoms with Gasteiger partial charge in [-0.2, -0.15) is 0 Å². The van der Waals surface area contributed by atoms with Crippen molar-refractivity contribution in [1.82, 2.24) is 13.7 Å². The lowest BCUT2D eigenvalue weighted by atomic mass is 10.1. The summed E-state index contributed by atoms with van der Waals surface area (Å²) in [5.74, 6) is 0. The molecule has 0 aliphatic heterocycles. The van der Waals surface area contributed by atoms with Crippen LogP contribution in [0.1, 0.15) is 194 Å². The molecule has 0 atom stereocenters. The van der Waals surface area contributed by atoms with E-state index in [-0.39, 0.29) is 5.43 Å². The molecule has 1 N–H and O–H groups in total. The van der Waals surface area contributed by atoms with Crippen LogP contribution in [0.4, 0.5) is 0 Å². The summed E-state index contributed by atoms with van der Waals surface area (Å²) >= 11 is 0. The van der Waals surface area contributed by atoms with Gasteiger partial charge in [-0.3, -0.25) is 14.8 Å². The van der Waals surface area contributed by atoms with Gasteiger partial charge in [-0.05, 0) is 62.8 Å². The zero-order valence-electron chi connectivity index (χ0n) is 37.6. The van der Waals surface area contributed by atoms with Gasteiger partial charge in [0.25, 0.3) is 0 Å². The second kappa shape index (κ2) is 38.0. The number of hydrogen-bond donors (Lipinski definition) is 1. The number of unbranched alkanes of at least 4 members (excludes halogenated alkanes) is 24. The number of aliphatic hydroxyl groups is 1. The standard InChI is InChI=1S/C28H45N3O.C23H42N2O/c1-2-3-4-5-10-13-20-29-27-16-23-30(24-17-27)21-14-11-8-6-7-9-12-15-22-31-25-18-28(32)19-26-31;1-2-3-4-5-10-13-18-24-23-16-20-25(21-17-23)19-14-11-8-6-7-9-12-15-22-26/h16-19,23-26H,2-15,20-22H2,1H3;16-17,20-21,26H,2-15,18-19,22H2,1H3. The zero-order valence-corrected chi connectivity index (χ0v) is 37.6. The molecule has 7 heteroatoms. The molecule has 0 fully saturated rings. The molecule has 0 radical (unpaired) electrons. The van der Waals surface area contributed by atoms with Gasteiger partial charge < -0.3 is 18.8 Å². The van der Waals surface area contributed by atoms with Gasteiger partial charge in [-0.15, -0.1) is 0 Å². The molecule has 3 aromatic heterocycles. The van der Waals surface area contributed by atoms with Crippen molar-refractivity contribution in [2.75, 3.05) is 19.7 Å². The van der Waals surface area contributed by atoms with Crippen LogP contribution >= 0.6 is 0 Å². The Labute approximate surface area is 355 Å². The highest BCUT2D eigenvalue weighted by Gasteiger charge is 1.97. The number of aryl methyl sites for hydroxylation is 3. The maximum atomic E-state index is 11.1. The molecule has 0 amide bonds. The van der Waals surface area contributed by atoms with E-state index in [4.69, 9.17) is 10.1 Å². The average Bonchev–Trinajstić information content (AvgIpc) is 3.25. The smallest absolute Gasteiger partial charge is 0.181 e. The minimum Gasteiger partial charge on any atom is -0.396 e. The fourth-order valence-electron chi connectivity index (χ4n) is 7.32. The van der Waals surface area contributed by atoms with Gasteiger partial charge in [-0.25, -0.2) is 0 Å². The number of nitrogens with zero attached hydrogens (tertiary/aromatic N) is 5. The van der Waals surface area contributed by atoms with E-state index in [1.54, 1.807) is 12.1 Å². The maximum absolute atomic E-state index is 11.1. The topological polar surface area (TPSA) is 76.8 Å². The molecule has 0 aliphatic rings.